The molecule has 0 heterocycles. The molecule has 3 aliphatic carbocycles. The third-order valence-electron chi connectivity index (χ3n) is 11.2. The summed E-state index contributed by atoms with van der Waals surface area (Å²) in [5.41, 5.74) is 17.1. The molecule has 0 aromatic heterocycles. The van der Waals surface area contributed by atoms with Crippen LogP contribution in [0, 0.1) is 6.92 Å². The topological polar surface area (TPSA) is 6.48 Å². The molecular formula is C52H46N2. The van der Waals surface area contributed by atoms with Crippen LogP contribution in [-0.4, -0.2) is 0 Å². The predicted molar refractivity (Wildman–Crippen MR) is 231 cm³/mol. The lowest BCUT2D eigenvalue weighted by molar-refractivity contribution is 0.779. The maximum atomic E-state index is 2.50. The minimum absolute atomic E-state index is 0.241. The third-order valence-corrected chi connectivity index (χ3v) is 11.2. The predicted octanol–water partition coefficient (Wildman–Crippen LogP) is 14.3. The number of allylic oxidation sites excluding steroid dienone is 9. The summed E-state index contributed by atoms with van der Waals surface area (Å²) in [6.07, 6.45) is 21.4. The lowest BCUT2D eigenvalue weighted by atomic mass is 9.75. The first kappa shape index (κ1) is 33.7. The Morgan fingerprint density at radius 3 is 1.87 bits per heavy atom. The summed E-state index contributed by atoms with van der Waals surface area (Å²) in [6.45, 7) is 4.55. The highest BCUT2D eigenvalue weighted by atomic mass is 15.2. The number of fused-ring (bicyclic) bond motifs is 2. The molecular weight excluding hydrogens is 653 g/mol. The smallest absolute Gasteiger partial charge is 0.0464 e. The van der Waals surface area contributed by atoms with Crippen molar-refractivity contribution in [2.45, 2.75) is 51.9 Å². The van der Waals surface area contributed by atoms with Crippen LogP contribution in [0.1, 0.15) is 60.8 Å². The van der Waals surface area contributed by atoms with Gasteiger partial charge < -0.3 is 9.80 Å². The second-order valence-corrected chi connectivity index (χ2v) is 14.9. The molecule has 6 aromatic carbocycles. The summed E-state index contributed by atoms with van der Waals surface area (Å²) in [5, 5.41) is 2.71. The zero-order chi connectivity index (χ0) is 36.4. The largest absolute Gasteiger partial charge is 0.314 e. The number of hydrogen-bond acceptors (Lipinski definition) is 2. The highest BCUT2D eigenvalue weighted by Gasteiger charge is 2.29. The molecule has 264 valence electrons. The van der Waals surface area contributed by atoms with Crippen molar-refractivity contribution in [3.05, 3.63) is 209 Å². The Balaban J connectivity index is 1.20. The Hall–Kier alpha value is -6.12. The van der Waals surface area contributed by atoms with Crippen molar-refractivity contribution in [2.75, 3.05) is 9.80 Å². The molecule has 0 amide bonds. The third kappa shape index (κ3) is 6.43. The van der Waals surface area contributed by atoms with Gasteiger partial charge in [0.05, 0.1) is 0 Å². The van der Waals surface area contributed by atoms with E-state index in [1.807, 2.05) is 0 Å². The maximum Gasteiger partial charge on any atom is 0.0464 e. The first-order valence-corrected chi connectivity index (χ1v) is 19.5. The van der Waals surface area contributed by atoms with Gasteiger partial charge in [0.1, 0.15) is 0 Å². The number of para-hydroxylation sites is 3. The molecule has 6 aromatic rings. The number of rotatable bonds is 8. The Morgan fingerprint density at radius 1 is 0.556 bits per heavy atom. The molecule has 0 aliphatic heterocycles. The summed E-state index contributed by atoms with van der Waals surface area (Å²) in [6, 6.07) is 48.9. The number of aryl methyl sites for hydroxylation is 1. The SMILES string of the molecule is CC1=Cc2c(c(C3C=CC=C(N(c4ccccc4)c4ccccc4)C3)c3cc(C)ccc3c2-c2cccc(N(C3=CC=CCC3)c3ccccc3)c2)CC1. The molecule has 1 atom stereocenters. The van der Waals surface area contributed by atoms with Gasteiger partial charge in [0.15, 0.2) is 0 Å². The van der Waals surface area contributed by atoms with Crippen LogP contribution in [0.3, 0.4) is 0 Å². The van der Waals surface area contributed by atoms with Crippen LogP contribution >= 0.6 is 0 Å². The van der Waals surface area contributed by atoms with E-state index in [0.717, 1.165) is 32.1 Å². The zero-order valence-electron chi connectivity index (χ0n) is 31.3. The number of hydrogen-bond donors (Lipinski definition) is 0. The maximum absolute atomic E-state index is 2.50. The van der Waals surface area contributed by atoms with Gasteiger partial charge >= 0.3 is 0 Å². The molecule has 0 saturated heterocycles. The molecule has 2 heteroatoms. The lowest BCUT2D eigenvalue weighted by Gasteiger charge is -2.34. The standard InChI is InChI=1S/C52H46N2/c1-37-29-31-47-49(33-37)51(39-17-15-27-45(35-39)53(41-19-7-3-8-20-41)42-21-9-4-10-22-42)48-32-30-38(2)34-50(48)52(47)40-18-16-28-46(36-40)54(43-23-11-5-12-24-43)44-25-13-6-14-26-44/h3-13,15-25,27-29,31,33-34,36,39H,14,26,30,32,35H2,1-2H3. The van der Waals surface area contributed by atoms with E-state index in [4.69, 9.17) is 0 Å². The van der Waals surface area contributed by atoms with Gasteiger partial charge in [-0.3, -0.25) is 0 Å². The van der Waals surface area contributed by atoms with Crippen LogP contribution < -0.4 is 9.80 Å². The average Bonchev–Trinajstić information content (AvgIpc) is 3.22. The fraction of sp³-hybridized carbons (Fsp3) is 0.154. The Labute approximate surface area is 320 Å². The van der Waals surface area contributed by atoms with E-state index in [2.05, 4.69) is 200 Å². The molecule has 0 fully saturated rings. The van der Waals surface area contributed by atoms with Gasteiger partial charge in [0.2, 0.25) is 0 Å². The van der Waals surface area contributed by atoms with Crippen molar-refractivity contribution < 1.29 is 0 Å². The van der Waals surface area contributed by atoms with Crippen molar-refractivity contribution in [3.8, 4) is 11.1 Å². The van der Waals surface area contributed by atoms with Crippen molar-refractivity contribution in [1.82, 2.24) is 0 Å². The summed E-state index contributed by atoms with van der Waals surface area (Å²) in [5.74, 6) is 0.241. The van der Waals surface area contributed by atoms with Crippen molar-refractivity contribution in [2.24, 2.45) is 0 Å². The molecule has 0 bridgehead atoms. The number of anilines is 4. The van der Waals surface area contributed by atoms with E-state index < -0.39 is 0 Å². The normalized spacial score (nSPS) is 16.3. The van der Waals surface area contributed by atoms with Crippen LogP contribution in [0.5, 0.6) is 0 Å². The minimum atomic E-state index is 0.241. The van der Waals surface area contributed by atoms with Gasteiger partial charge in [0, 0.05) is 40.1 Å². The van der Waals surface area contributed by atoms with E-state index in [1.54, 1.807) is 0 Å². The Kier molecular flexibility index (Phi) is 9.19. The van der Waals surface area contributed by atoms with Crippen LogP contribution in [0.15, 0.2) is 187 Å². The van der Waals surface area contributed by atoms with Crippen molar-refractivity contribution in [3.63, 3.8) is 0 Å². The van der Waals surface area contributed by atoms with Crippen LogP contribution in [-0.2, 0) is 6.42 Å². The van der Waals surface area contributed by atoms with Crippen LogP contribution in [0.4, 0.5) is 22.7 Å². The van der Waals surface area contributed by atoms with Gasteiger partial charge in [0.25, 0.3) is 0 Å². The highest BCUT2D eigenvalue weighted by molar-refractivity contribution is 6.05. The van der Waals surface area contributed by atoms with Gasteiger partial charge in [-0.1, -0.05) is 126 Å². The first-order chi connectivity index (χ1) is 26.6. The van der Waals surface area contributed by atoms with Gasteiger partial charge in [-0.05, 0) is 145 Å². The average molecular weight is 699 g/mol. The number of nitrogens with zero attached hydrogens (tertiary/aromatic N) is 2. The summed E-state index contributed by atoms with van der Waals surface area (Å²) < 4.78 is 0. The summed E-state index contributed by atoms with van der Waals surface area (Å²) in [7, 11) is 0. The minimum Gasteiger partial charge on any atom is -0.314 e. The van der Waals surface area contributed by atoms with Crippen LogP contribution in [0.25, 0.3) is 28.0 Å². The van der Waals surface area contributed by atoms with E-state index in [1.165, 1.54) is 83.9 Å². The second-order valence-electron chi connectivity index (χ2n) is 14.9. The Morgan fingerprint density at radius 2 is 1.20 bits per heavy atom. The lowest BCUT2D eigenvalue weighted by Crippen LogP contribution is -2.20. The van der Waals surface area contributed by atoms with Crippen molar-refractivity contribution in [1.29, 1.82) is 0 Å². The van der Waals surface area contributed by atoms with E-state index in [9.17, 15) is 0 Å². The van der Waals surface area contributed by atoms with E-state index >= 15 is 0 Å². The second kappa shape index (κ2) is 14.7. The van der Waals surface area contributed by atoms with Crippen LogP contribution in [0.2, 0.25) is 0 Å². The fourth-order valence-corrected chi connectivity index (χ4v) is 8.80. The summed E-state index contributed by atoms with van der Waals surface area (Å²) in [4.78, 5) is 4.89. The molecule has 9 rings (SSSR count). The Bertz CT molecular complexity index is 2440. The molecule has 3 aliphatic rings. The van der Waals surface area contributed by atoms with Gasteiger partial charge in [-0.2, -0.15) is 0 Å². The van der Waals surface area contributed by atoms with Gasteiger partial charge in [-0.15, -0.1) is 0 Å². The molecule has 0 radical (unpaired) electrons. The molecule has 2 nitrogen and oxygen atoms in total. The summed E-state index contributed by atoms with van der Waals surface area (Å²) >= 11 is 0. The van der Waals surface area contributed by atoms with E-state index in [-0.39, 0.29) is 5.92 Å². The molecule has 0 saturated carbocycles. The highest BCUT2D eigenvalue weighted by Crippen LogP contribution is 2.48. The quantitative estimate of drug-likeness (QED) is 0.156. The van der Waals surface area contributed by atoms with Crippen molar-refractivity contribution >= 4 is 39.6 Å². The van der Waals surface area contributed by atoms with E-state index in [0.29, 0.717) is 0 Å². The van der Waals surface area contributed by atoms with Gasteiger partial charge in [-0.25, -0.2) is 0 Å². The molecule has 54 heavy (non-hydrogen) atoms. The zero-order valence-corrected chi connectivity index (χ0v) is 31.3. The fourth-order valence-electron chi connectivity index (χ4n) is 8.80. The molecule has 0 N–H and O–H groups in total. The molecule has 0 spiro atoms. The first-order valence-electron chi connectivity index (χ1n) is 19.5. The number of benzene rings is 6. The monoisotopic (exact) mass is 698 g/mol. The molecule has 1 unspecified atom stereocenters.